The molecule has 4 atom stereocenters. The number of fused-ring (bicyclic) bond motifs is 1. The van der Waals surface area contributed by atoms with Gasteiger partial charge in [0.1, 0.15) is 0 Å². The fourth-order valence-corrected chi connectivity index (χ4v) is 5.64. The average molecular weight is 319 g/mol. The minimum atomic E-state index is 0.344. The Hall–Kier alpha value is -0.610. The largest absolute Gasteiger partial charge is 0.341 e. The zero-order valence-electron chi connectivity index (χ0n) is 14.5. The van der Waals surface area contributed by atoms with E-state index in [9.17, 15) is 4.79 Å². The van der Waals surface area contributed by atoms with Crippen molar-refractivity contribution in [3.05, 3.63) is 0 Å². The second-order valence-corrected chi connectivity index (χ2v) is 8.33. The predicted molar refractivity (Wildman–Crippen MR) is 92.2 cm³/mol. The number of nitrogens with zero attached hydrogens (tertiary/aromatic N) is 2. The molecule has 0 aromatic rings. The number of hydrogen-bond acceptors (Lipinski definition) is 3. The van der Waals surface area contributed by atoms with Gasteiger partial charge in [0.05, 0.1) is 0 Å². The van der Waals surface area contributed by atoms with Gasteiger partial charge in [-0.3, -0.25) is 9.69 Å². The van der Waals surface area contributed by atoms with Crippen LogP contribution < -0.4 is 5.32 Å². The number of carbonyl (C=O) groups excluding carboxylic acids is 1. The molecular formula is C19H33N3O. The lowest BCUT2D eigenvalue weighted by atomic mass is 9.67. The molecular weight excluding hydrogens is 286 g/mol. The topological polar surface area (TPSA) is 35.6 Å². The smallest absolute Gasteiger partial charge is 0.225 e. The van der Waals surface area contributed by atoms with Gasteiger partial charge in [0, 0.05) is 51.2 Å². The molecule has 1 N–H and O–H groups in total. The van der Waals surface area contributed by atoms with Crippen molar-refractivity contribution in [2.45, 2.75) is 57.4 Å². The maximum Gasteiger partial charge on any atom is 0.225 e. The molecule has 4 nitrogen and oxygen atoms in total. The summed E-state index contributed by atoms with van der Waals surface area (Å²) in [5.74, 6) is 2.64. The van der Waals surface area contributed by atoms with Crippen molar-refractivity contribution < 1.29 is 4.79 Å². The van der Waals surface area contributed by atoms with Gasteiger partial charge in [-0.1, -0.05) is 25.7 Å². The van der Waals surface area contributed by atoms with E-state index in [4.69, 9.17) is 0 Å². The minimum Gasteiger partial charge on any atom is -0.341 e. The number of carbonyl (C=O) groups is 1. The number of hydrogen-bond donors (Lipinski definition) is 1. The highest BCUT2D eigenvalue weighted by Crippen LogP contribution is 2.43. The SMILES string of the molecule is O=C(C1CCC2CCCCC2C1)N1CCC(N2CCNCC2)C1. The van der Waals surface area contributed by atoms with E-state index in [1.165, 1.54) is 44.9 Å². The first-order valence-electron chi connectivity index (χ1n) is 10.0. The minimum absolute atomic E-state index is 0.344. The van der Waals surface area contributed by atoms with Crippen LogP contribution >= 0.6 is 0 Å². The van der Waals surface area contributed by atoms with E-state index >= 15 is 0 Å². The summed E-state index contributed by atoms with van der Waals surface area (Å²) in [6.07, 6.45) is 10.5. The maximum absolute atomic E-state index is 13.0. The molecule has 1 amide bonds. The predicted octanol–water partition coefficient (Wildman–Crippen LogP) is 2.10. The Balaban J connectivity index is 1.31. The molecule has 2 aliphatic carbocycles. The monoisotopic (exact) mass is 319 g/mol. The van der Waals surface area contributed by atoms with Crippen LogP contribution in [0.4, 0.5) is 0 Å². The summed E-state index contributed by atoms with van der Waals surface area (Å²) >= 11 is 0. The molecule has 0 spiro atoms. The highest BCUT2D eigenvalue weighted by Gasteiger charge is 2.39. The molecule has 2 saturated heterocycles. The van der Waals surface area contributed by atoms with Crippen LogP contribution in [0, 0.1) is 17.8 Å². The van der Waals surface area contributed by atoms with E-state index < -0.39 is 0 Å². The van der Waals surface area contributed by atoms with Crippen molar-refractivity contribution in [3.63, 3.8) is 0 Å². The highest BCUT2D eigenvalue weighted by atomic mass is 16.2. The van der Waals surface area contributed by atoms with Crippen molar-refractivity contribution >= 4 is 5.91 Å². The van der Waals surface area contributed by atoms with E-state index in [1.807, 2.05) is 0 Å². The molecule has 0 aromatic heterocycles. The van der Waals surface area contributed by atoms with Crippen molar-refractivity contribution in [2.24, 2.45) is 17.8 Å². The number of piperazine rings is 1. The Morgan fingerprint density at radius 1 is 0.870 bits per heavy atom. The van der Waals surface area contributed by atoms with Crippen molar-refractivity contribution in [1.29, 1.82) is 0 Å². The highest BCUT2D eigenvalue weighted by molar-refractivity contribution is 5.79. The van der Waals surface area contributed by atoms with E-state index in [2.05, 4.69) is 15.1 Å². The molecule has 0 aromatic carbocycles. The fourth-order valence-electron chi connectivity index (χ4n) is 5.64. The van der Waals surface area contributed by atoms with Crippen LogP contribution in [0.3, 0.4) is 0 Å². The third-order valence-corrected chi connectivity index (χ3v) is 7.03. The lowest BCUT2D eigenvalue weighted by Gasteiger charge is -2.40. The molecule has 0 radical (unpaired) electrons. The quantitative estimate of drug-likeness (QED) is 0.847. The number of rotatable bonds is 2. The second-order valence-electron chi connectivity index (χ2n) is 8.33. The third-order valence-electron chi connectivity index (χ3n) is 7.03. The summed E-state index contributed by atoms with van der Waals surface area (Å²) in [5, 5.41) is 3.43. The number of nitrogens with one attached hydrogen (secondary N) is 1. The normalized spacial score (nSPS) is 39.2. The molecule has 0 bridgehead atoms. The van der Waals surface area contributed by atoms with Gasteiger partial charge in [-0.05, 0) is 37.5 Å². The summed E-state index contributed by atoms with van der Waals surface area (Å²) < 4.78 is 0. The van der Waals surface area contributed by atoms with Gasteiger partial charge in [0.15, 0.2) is 0 Å². The van der Waals surface area contributed by atoms with E-state index in [0.717, 1.165) is 57.5 Å². The molecule has 4 fully saturated rings. The molecule has 4 heteroatoms. The van der Waals surface area contributed by atoms with Crippen molar-refractivity contribution in [2.75, 3.05) is 39.3 Å². The molecule has 2 aliphatic heterocycles. The molecule has 4 rings (SSSR count). The molecule has 130 valence electrons. The first kappa shape index (κ1) is 15.9. The van der Waals surface area contributed by atoms with E-state index in [1.54, 1.807) is 0 Å². The molecule has 4 aliphatic rings. The fraction of sp³-hybridized carbons (Fsp3) is 0.947. The van der Waals surface area contributed by atoms with Gasteiger partial charge in [0.25, 0.3) is 0 Å². The first-order chi connectivity index (χ1) is 11.3. The van der Waals surface area contributed by atoms with Crippen LogP contribution in [0.15, 0.2) is 0 Å². The lowest BCUT2D eigenvalue weighted by Crippen LogP contribution is -2.49. The van der Waals surface area contributed by atoms with Crippen LogP contribution in [-0.4, -0.2) is 61.0 Å². The van der Waals surface area contributed by atoms with Crippen LogP contribution in [-0.2, 0) is 4.79 Å². The van der Waals surface area contributed by atoms with Gasteiger partial charge in [0.2, 0.25) is 5.91 Å². The second kappa shape index (κ2) is 7.10. The summed E-state index contributed by atoms with van der Waals surface area (Å²) in [6, 6.07) is 0.618. The Labute approximate surface area is 141 Å². The molecule has 2 heterocycles. The molecule has 23 heavy (non-hydrogen) atoms. The van der Waals surface area contributed by atoms with Gasteiger partial charge >= 0.3 is 0 Å². The summed E-state index contributed by atoms with van der Waals surface area (Å²) in [4.78, 5) is 17.8. The van der Waals surface area contributed by atoms with Crippen LogP contribution in [0.1, 0.15) is 51.4 Å². The molecule has 4 unspecified atom stereocenters. The number of likely N-dealkylation sites (tertiary alicyclic amines) is 1. The van der Waals surface area contributed by atoms with Gasteiger partial charge in [-0.15, -0.1) is 0 Å². The first-order valence-corrected chi connectivity index (χ1v) is 10.0. The number of amides is 1. The summed E-state index contributed by atoms with van der Waals surface area (Å²) in [7, 11) is 0. The van der Waals surface area contributed by atoms with Crippen LogP contribution in [0.25, 0.3) is 0 Å². The Morgan fingerprint density at radius 3 is 2.48 bits per heavy atom. The third kappa shape index (κ3) is 3.43. The van der Waals surface area contributed by atoms with Crippen LogP contribution in [0.5, 0.6) is 0 Å². The summed E-state index contributed by atoms with van der Waals surface area (Å²) in [6.45, 7) is 6.51. The van der Waals surface area contributed by atoms with Gasteiger partial charge in [-0.2, -0.15) is 0 Å². The lowest BCUT2D eigenvalue weighted by molar-refractivity contribution is -0.137. The average Bonchev–Trinajstić information content (AvgIpc) is 3.11. The van der Waals surface area contributed by atoms with E-state index in [-0.39, 0.29) is 0 Å². The molecule has 2 saturated carbocycles. The van der Waals surface area contributed by atoms with Crippen molar-refractivity contribution in [1.82, 2.24) is 15.1 Å². The standard InChI is InChI=1S/C19H33N3O/c23-19(17-6-5-15-3-1-2-4-16(15)13-17)22-10-7-18(14-22)21-11-8-20-9-12-21/h15-18,20H,1-14H2. The summed E-state index contributed by atoms with van der Waals surface area (Å²) in [5.41, 5.74) is 0. The Morgan fingerprint density at radius 2 is 1.65 bits per heavy atom. The Kier molecular flexibility index (Phi) is 4.91. The Bertz CT molecular complexity index is 421. The maximum atomic E-state index is 13.0. The zero-order valence-corrected chi connectivity index (χ0v) is 14.5. The van der Waals surface area contributed by atoms with Gasteiger partial charge < -0.3 is 10.2 Å². The van der Waals surface area contributed by atoms with Crippen molar-refractivity contribution in [3.8, 4) is 0 Å². The van der Waals surface area contributed by atoms with Crippen LogP contribution in [0.2, 0.25) is 0 Å². The van der Waals surface area contributed by atoms with Gasteiger partial charge in [-0.25, -0.2) is 0 Å². The zero-order chi connectivity index (χ0) is 15.6. The van der Waals surface area contributed by atoms with E-state index in [0.29, 0.717) is 17.9 Å².